The van der Waals surface area contributed by atoms with Crippen LogP contribution in [-0.4, -0.2) is 33.2 Å². The van der Waals surface area contributed by atoms with Gasteiger partial charge in [-0.2, -0.15) is 8.75 Å². The molecule has 44 heavy (non-hydrogen) atoms. The van der Waals surface area contributed by atoms with E-state index in [1.54, 1.807) is 14.0 Å². The van der Waals surface area contributed by atoms with Crippen LogP contribution < -0.4 is 14.2 Å². The molecule has 0 saturated heterocycles. The number of rotatable bonds is 9. The maximum absolute atomic E-state index is 12.9. The highest BCUT2D eigenvalue weighted by Gasteiger charge is 2.30. The number of para-hydroxylation sites is 1. The monoisotopic (exact) mass is 605 g/mol. The number of ether oxygens (including phenoxy) is 4. The highest BCUT2D eigenvalue weighted by atomic mass is 32.1. The lowest BCUT2D eigenvalue weighted by Gasteiger charge is -2.16. The van der Waals surface area contributed by atoms with Gasteiger partial charge in [-0.05, 0) is 54.4 Å². The minimum atomic E-state index is -0.820. The molecule has 0 aliphatic heterocycles. The van der Waals surface area contributed by atoms with Crippen LogP contribution in [0.3, 0.4) is 0 Å². The van der Waals surface area contributed by atoms with Crippen LogP contribution in [-0.2, 0) is 17.9 Å². The van der Waals surface area contributed by atoms with Crippen LogP contribution in [0.15, 0.2) is 95.4 Å². The molecule has 0 saturated carbocycles. The maximum Gasteiger partial charge on any atom is 0.515 e. The Bertz CT molecular complexity index is 2110. The van der Waals surface area contributed by atoms with Crippen molar-refractivity contribution in [3.05, 3.63) is 102 Å². The molecule has 0 aliphatic rings. The van der Waals surface area contributed by atoms with E-state index in [0.717, 1.165) is 33.1 Å². The van der Waals surface area contributed by atoms with Crippen molar-refractivity contribution in [1.29, 1.82) is 0 Å². The number of hydrogen-bond acceptors (Lipinski definition) is 9. The predicted octanol–water partition coefficient (Wildman–Crippen LogP) is 8.23. The van der Waals surface area contributed by atoms with Crippen LogP contribution in [0, 0.1) is 0 Å². The Morgan fingerprint density at radius 2 is 1.73 bits per heavy atom. The third kappa shape index (κ3) is 5.09. The molecule has 0 aliphatic carbocycles. The Balaban J connectivity index is 1.46. The highest BCUT2D eigenvalue weighted by Crippen LogP contribution is 2.48. The van der Waals surface area contributed by atoms with Crippen LogP contribution in [0.2, 0.25) is 0 Å². The van der Waals surface area contributed by atoms with E-state index >= 15 is 0 Å². The molecule has 9 nitrogen and oxygen atoms in total. The lowest BCUT2D eigenvalue weighted by atomic mass is 10.1. The van der Waals surface area contributed by atoms with Crippen molar-refractivity contribution in [2.24, 2.45) is 0 Å². The first-order chi connectivity index (χ1) is 21.6. The lowest BCUT2D eigenvalue weighted by molar-refractivity contribution is 0.101. The van der Waals surface area contributed by atoms with E-state index < -0.39 is 6.16 Å². The minimum Gasteiger partial charge on any atom is -0.497 e. The zero-order valence-corrected chi connectivity index (χ0v) is 24.8. The Morgan fingerprint density at radius 1 is 0.909 bits per heavy atom. The average Bonchev–Trinajstić information content (AvgIpc) is 3.74. The zero-order valence-electron chi connectivity index (χ0n) is 24.0. The number of furan rings is 1. The largest absolute Gasteiger partial charge is 0.515 e. The summed E-state index contributed by atoms with van der Waals surface area (Å²) in [4.78, 5) is 12.9. The van der Waals surface area contributed by atoms with Gasteiger partial charge in [-0.3, -0.25) is 0 Å². The SMILES string of the molecule is CCOC(=O)Oc1c(-c2ccc(OC)cc2OCc2ccccc2)c2oc3ccccc3c2n1Cc1ccc2nsnc2c1. The molecule has 0 amide bonds. The van der Waals surface area contributed by atoms with Gasteiger partial charge < -0.3 is 27.9 Å². The number of benzene rings is 4. The Morgan fingerprint density at radius 3 is 2.57 bits per heavy atom. The highest BCUT2D eigenvalue weighted by molar-refractivity contribution is 7.00. The van der Waals surface area contributed by atoms with Gasteiger partial charge in [0.2, 0.25) is 5.88 Å². The second-order valence-corrected chi connectivity index (χ2v) is 10.6. The summed E-state index contributed by atoms with van der Waals surface area (Å²) in [6.07, 6.45) is -0.820. The summed E-state index contributed by atoms with van der Waals surface area (Å²) in [6, 6.07) is 29.1. The fourth-order valence-corrected chi connectivity index (χ4v) is 5.84. The van der Waals surface area contributed by atoms with Gasteiger partial charge in [-0.25, -0.2) is 4.79 Å². The van der Waals surface area contributed by atoms with E-state index in [1.165, 1.54) is 11.7 Å². The van der Waals surface area contributed by atoms with Crippen molar-refractivity contribution in [2.45, 2.75) is 20.1 Å². The zero-order chi connectivity index (χ0) is 30.0. The molecule has 0 atom stereocenters. The molecular formula is C34H27N3O6S. The Labute approximate surface area is 256 Å². The van der Waals surface area contributed by atoms with Crippen LogP contribution in [0.25, 0.3) is 44.2 Å². The summed E-state index contributed by atoms with van der Waals surface area (Å²) in [5.41, 5.74) is 6.84. The number of nitrogens with zero attached hydrogens (tertiary/aromatic N) is 3. The van der Waals surface area contributed by atoms with Crippen molar-refractivity contribution in [3.8, 4) is 28.5 Å². The molecule has 220 valence electrons. The standard InChI is InChI=1S/C34H27N3O6S/c1-3-40-34(38)43-33-30(24-15-14-23(39-2)18-29(24)41-20-21-9-5-4-6-10-21)32-31(25-11-7-8-12-28(25)42-32)37(33)19-22-13-16-26-27(17-22)36-44-35-26/h4-18H,3,19-20H2,1-2H3. The molecule has 0 bridgehead atoms. The molecule has 3 aromatic heterocycles. The number of carbonyl (C=O) groups excluding carboxylic acids is 1. The lowest BCUT2D eigenvalue weighted by Crippen LogP contribution is -2.14. The molecule has 10 heteroatoms. The molecular weight excluding hydrogens is 578 g/mol. The fourth-order valence-electron chi connectivity index (χ4n) is 5.32. The fraction of sp³-hybridized carbons (Fsp3) is 0.147. The molecule has 7 aromatic rings. The van der Waals surface area contributed by atoms with Crippen molar-refractivity contribution >= 4 is 51.0 Å². The summed E-state index contributed by atoms with van der Waals surface area (Å²) in [5, 5.41) is 0.874. The minimum absolute atomic E-state index is 0.162. The second-order valence-electron chi connectivity index (χ2n) is 10.1. The van der Waals surface area contributed by atoms with Gasteiger partial charge in [0.25, 0.3) is 0 Å². The van der Waals surface area contributed by atoms with E-state index in [1.807, 2.05) is 95.6 Å². The van der Waals surface area contributed by atoms with Crippen LogP contribution >= 0.6 is 11.7 Å². The average molecular weight is 606 g/mol. The molecule has 4 aromatic carbocycles. The Kier molecular flexibility index (Phi) is 7.33. The molecule has 0 N–H and O–H groups in total. The molecule has 0 spiro atoms. The van der Waals surface area contributed by atoms with Crippen LogP contribution in [0.5, 0.6) is 17.4 Å². The molecule has 0 unspecified atom stereocenters. The summed E-state index contributed by atoms with van der Waals surface area (Å²) in [6.45, 7) is 2.57. The maximum atomic E-state index is 12.9. The van der Waals surface area contributed by atoms with E-state index in [9.17, 15) is 4.79 Å². The molecule has 7 rings (SSSR count). The van der Waals surface area contributed by atoms with Crippen molar-refractivity contribution < 1.29 is 28.2 Å². The number of fused-ring (bicyclic) bond motifs is 4. The molecule has 3 heterocycles. The third-order valence-corrected chi connectivity index (χ3v) is 7.88. The van der Waals surface area contributed by atoms with E-state index in [0.29, 0.717) is 46.9 Å². The number of aromatic nitrogens is 3. The first-order valence-corrected chi connectivity index (χ1v) is 14.8. The number of hydrogen-bond donors (Lipinski definition) is 0. The van der Waals surface area contributed by atoms with Crippen molar-refractivity contribution in [1.82, 2.24) is 13.3 Å². The molecule has 0 radical (unpaired) electrons. The summed E-state index contributed by atoms with van der Waals surface area (Å²) in [7, 11) is 1.61. The first-order valence-electron chi connectivity index (χ1n) is 14.1. The number of methoxy groups -OCH3 is 1. The molecule has 0 fully saturated rings. The summed E-state index contributed by atoms with van der Waals surface area (Å²) in [5.74, 6) is 1.43. The van der Waals surface area contributed by atoms with Gasteiger partial charge in [-0.1, -0.05) is 48.5 Å². The quantitative estimate of drug-likeness (QED) is 0.152. The first kappa shape index (κ1) is 27.5. The number of carbonyl (C=O) groups is 1. The predicted molar refractivity (Wildman–Crippen MR) is 169 cm³/mol. The van der Waals surface area contributed by atoms with Crippen molar-refractivity contribution in [2.75, 3.05) is 13.7 Å². The van der Waals surface area contributed by atoms with Gasteiger partial charge in [0.1, 0.15) is 34.7 Å². The normalized spacial score (nSPS) is 11.3. The van der Waals surface area contributed by atoms with Gasteiger partial charge in [0.05, 0.1) is 43.1 Å². The smallest absolute Gasteiger partial charge is 0.497 e. The second kappa shape index (κ2) is 11.7. The van der Waals surface area contributed by atoms with E-state index in [4.69, 9.17) is 23.4 Å². The summed E-state index contributed by atoms with van der Waals surface area (Å²) >= 11 is 1.17. The summed E-state index contributed by atoms with van der Waals surface area (Å²) < 4.78 is 40.4. The topological polar surface area (TPSA) is 97.8 Å². The van der Waals surface area contributed by atoms with E-state index in [-0.39, 0.29) is 12.5 Å². The third-order valence-electron chi connectivity index (χ3n) is 7.32. The van der Waals surface area contributed by atoms with Crippen LogP contribution in [0.1, 0.15) is 18.1 Å². The Hall–Kier alpha value is -5.35. The van der Waals surface area contributed by atoms with E-state index in [2.05, 4.69) is 8.75 Å². The van der Waals surface area contributed by atoms with Gasteiger partial charge in [0.15, 0.2) is 5.58 Å². The van der Waals surface area contributed by atoms with Crippen molar-refractivity contribution in [3.63, 3.8) is 0 Å². The van der Waals surface area contributed by atoms with Gasteiger partial charge in [0, 0.05) is 17.0 Å². The van der Waals surface area contributed by atoms with Gasteiger partial charge >= 0.3 is 6.16 Å². The van der Waals surface area contributed by atoms with Gasteiger partial charge in [-0.15, -0.1) is 0 Å². The van der Waals surface area contributed by atoms with Crippen LogP contribution in [0.4, 0.5) is 4.79 Å².